The van der Waals surface area contributed by atoms with E-state index >= 15 is 0 Å². The maximum atomic E-state index is 13.0. The number of rotatable bonds is 4. The summed E-state index contributed by atoms with van der Waals surface area (Å²) < 4.78 is 12.6. The van der Waals surface area contributed by atoms with Crippen LogP contribution in [0.5, 0.6) is 5.75 Å². The van der Waals surface area contributed by atoms with E-state index in [1.807, 2.05) is 24.3 Å². The predicted octanol–water partition coefficient (Wildman–Crippen LogP) is 4.17. The third-order valence-electron chi connectivity index (χ3n) is 5.00. The number of aromatic nitrogens is 4. The summed E-state index contributed by atoms with van der Waals surface area (Å²) in [4.78, 5) is 32.9. The second kappa shape index (κ2) is 7.93. The van der Waals surface area contributed by atoms with E-state index in [1.54, 1.807) is 49.6 Å². The molecule has 0 saturated heterocycles. The number of halogens is 1. The van der Waals surface area contributed by atoms with Gasteiger partial charge in [0.25, 0.3) is 11.4 Å². The second-order valence-electron chi connectivity index (χ2n) is 6.96. The molecule has 0 spiro atoms. The molecule has 0 aliphatic heterocycles. The van der Waals surface area contributed by atoms with Crippen molar-refractivity contribution in [3.05, 3.63) is 92.0 Å². The molecule has 0 atom stereocenters. The Balaban J connectivity index is 1.56. The normalized spacial score (nSPS) is 11.1. The minimum atomic E-state index is -0.550. The third kappa shape index (κ3) is 3.52. The molecule has 0 amide bonds. The molecule has 0 fully saturated rings. The molecule has 0 aliphatic rings. The number of benzene rings is 3. The number of H-pyrrole nitrogens is 1. The largest absolute Gasteiger partial charge is 0.497 e. The fraction of sp³-hybridized carbons (Fsp3) is 0.0435. The van der Waals surface area contributed by atoms with Crippen LogP contribution in [0.4, 0.5) is 0 Å². The zero-order valence-corrected chi connectivity index (χ0v) is 18.3. The number of nitrogens with one attached hydrogen (secondary N) is 1. The van der Waals surface area contributed by atoms with Crippen LogP contribution in [0.3, 0.4) is 0 Å². The van der Waals surface area contributed by atoms with Crippen molar-refractivity contribution >= 4 is 26.8 Å². The fourth-order valence-corrected chi connectivity index (χ4v) is 3.64. The highest BCUT2D eigenvalue weighted by Gasteiger charge is 2.14. The summed E-state index contributed by atoms with van der Waals surface area (Å²) in [5, 5.41) is 4.38. The Kier molecular flexibility index (Phi) is 4.95. The van der Waals surface area contributed by atoms with Crippen LogP contribution in [-0.2, 0) is 0 Å². The third-order valence-corrected chi connectivity index (χ3v) is 5.53. The highest BCUT2D eigenvalue weighted by atomic mass is 79.9. The summed E-state index contributed by atoms with van der Waals surface area (Å²) in [6.07, 6.45) is 0. The first-order valence-electron chi connectivity index (χ1n) is 9.57. The molecule has 0 radical (unpaired) electrons. The minimum Gasteiger partial charge on any atom is -0.497 e. The molecule has 32 heavy (non-hydrogen) atoms. The van der Waals surface area contributed by atoms with E-state index in [2.05, 4.69) is 31.1 Å². The van der Waals surface area contributed by atoms with Crippen molar-refractivity contribution in [3.8, 4) is 34.3 Å². The van der Waals surface area contributed by atoms with Gasteiger partial charge in [-0.25, -0.2) is 9.36 Å². The van der Waals surface area contributed by atoms with Crippen LogP contribution < -0.4 is 16.0 Å². The monoisotopic (exact) mass is 490 g/mol. The summed E-state index contributed by atoms with van der Waals surface area (Å²) >= 11 is 3.39. The fourth-order valence-electron chi connectivity index (χ4n) is 3.37. The highest BCUT2D eigenvalue weighted by molar-refractivity contribution is 9.10. The van der Waals surface area contributed by atoms with Crippen LogP contribution in [0.1, 0.15) is 0 Å². The molecular formula is C23H15BrN4O4. The molecule has 5 aromatic rings. The van der Waals surface area contributed by atoms with Crippen LogP contribution >= 0.6 is 15.9 Å². The summed E-state index contributed by atoms with van der Waals surface area (Å²) in [7, 11) is 1.55. The molecule has 2 heterocycles. The number of methoxy groups -OCH3 is 1. The number of hydrogen-bond acceptors (Lipinski definition) is 6. The van der Waals surface area contributed by atoms with Gasteiger partial charge in [0.05, 0.1) is 23.7 Å². The van der Waals surface area contributed by atoms with E-state index in [0.29, 0.717) is 33.7 Å². The molecule has 0 unspecified atom stereocenters. The molecular weight excluding hydrogens is 476 g/mol. The molecule has 0 saturated carbocycles. The average molecular weight is 491 g/mol. The van der Waals surface area contributed by atoms with Crippen LogP contribution in [0.15, 0.2) is 85.3 Å². The topological polar surface area (TPSA) is 103 Å². The van der Waals surface area contributed by atoms with Crippen molar-refractivity contribution in [1.29, 1.82) is 0 Å². The Morgan fingerprint density at radius 1 is 0.969 bits per heavy atom. The Hall–Kier alpha value is -3.98. The van der Waals surface area contributed by atoms with E-state index in [-0.39, 0.29) is 5.89 Å². The Morgan fingerprint density at radius 2 is 1.69 bits per heavy atom. The SMILES string of the molecule is COc1ccc(-n2c(=O)[nH]c3cc(-c4nc(-c5ccc(Br)cc5)no4)ccc3c2=O)cc1. The Labute approximate surface area is 189 Å². The Bertz CT molecular complexity index is 1550. The molecule has 2 aromatic heterocycles. The van der Waals surface area contributed by atoms with Gasteiger partial charge in [-0.15, -0.1) is 0 Å². The summed E-state index contributed by atoms with van der Waals surface area (Å²) in [5.74, 6) is 1.35. The first kappa shape index (κ1) is 20.0. The number of nitrogens with zero attached hydrogens (tertiary/aromatic N) is 3. The molecule has 9 heteroatoms. The van der Waals surface area contributed by atoms with Crippen molar-refractivity contribution in [1.82, 2.24) is 19.7 Å². The van der Waals surface area contributed by atoms with E-state index in [4.69, 9.17) is 9.26 Å². The summed E-state index contributed by atoms with van der Waals surface area (Å²) in [6.45, 7) is 0. The highest BCUT2D eigenvalue weighted by Crippen LogP contribution is 2.25. The van der Waals surface area contributed by atoms with Crippen LogP contribution in [-0.4, -0.2) is 26.8 Å². The zero-order chi connectivity index (χ0) is 22.2. The van der Waals surface area contributed by atoms with Crippen molar-refractivity contribution in [2.45, 2.75) is 0 Å². The van der Waals surface area contributed by atoms with Gasteiger partial charge in [-0.1, -0.05) is 21.1 Å². The van der Waals surface area contributed by atoms with Gasteiger partial charge >= 0.3 is 5.69 Å². The van der Waals surface area contributed by atoms with Gasteiger partial charge in [0.15, 0.2) is 0 Å². The van der Waals surface area contributed by atoms with Crippen molar-refractivity contribution in [3.63, 3.8) is 0 Å². The second-order valence-corrected chi connectivity index (χ2v) is 7.87. The first-order chi connectivity index (χ1) is 15.5. The Morgan fingerprint density at radius 3 is 2.41 bits per heavy atom. The van der Waals surface area contributed by atoms with Gasteiger partial charge < -0.3 is 14.2 Å². The number of hydrogen-bond donors (Lipinski definition) is 1. The maximum absolute atomic E-state index is 13.0. The minimum absolute atomic E-state index is 0.282. The standard InChI is InChI=1S/C23H15BrN4O4/c1-31-17-9-7-16(8-10-17)28-22(29)18-11-4-14(12-19(18)25-23(28)30)21-26-20(27-32-21)13-2-5-15(24)6-3-13/h2-12H,1H3,(H,25,30). The van der Waals surface area contributed by atoms with E-state index < -0.39 is 11.2 Å². The smallest absolute Gasteiger partial charge is 0.333 e. The molecule has 0 aliphatic carbocycles. The van der Waals surface area contributed by atoms with Gasteiger partial charge in [-0.2, -0.15) is 4.98 Å². The van der Waals surface area contributed by atoms with Crippen LogP contribution in [0.25, 0.3) is 39.4 Å². The molecule has 1 N–H and O–H groups in total. The summed E-state index contributed by atoms with van der Waals surface area (Å²) in [5.41, 5.74) is 1.24. The van der Waals surface area contributed by atoms with E-state index in [9.17, 15) is 9.59 Å². The van der Waals surface area contributed by atoms with Gasteiger partial charge in [0.1, 0.15) is 5.75 Å². The lowest BCUT2D eigenvalue weighted by atomic mass is 10.1. The van der Waals surface area contributed by atoms with Gasteiger partial charge in [0.2, 0.25) is 5.82 Å². The van der Waals surface area contributed by atoms with E-state index in [0.717, 1.165) is 14.6 Å². The lowest BCUT2D eigenvalue weighted by molar-refractivity contribution is 0.414. The van der Waals surface area contributed by atoms with Crippen LogP contribution in [0.2, 0.25) is 0 Å². The van der Waals surface area contributed by atoms with Crippen molar-refractivity contribution in [2.75, 3.05) is 7.11 Å². The van der Waals surface area contributed by atoms with Crippen LogP contribution in [0, 0.1) is 0 Å². The molecule has 0 bridgehead atoms. The lowest BCUT2D eigenvalue weighted by Gasteiger charge is -2.08. The quantitative estimate of drug-likeness (QED) is 0.405. The molecule has 158 valence electrons. The first-order valence-corrected chi connectivity index (χ1v) is 10.4. The number of fused-ring (bicyclic) bond motifs is 1. The van der Waals surface area contributed by atoms with E-state index in [1.165, 1.54) is 0 Å². The molecule has 8 nitrogen and oxygen atoms in total. The maximum Gasteiger partial charge on any atom is 0.333 e. The summed E-state index contributed by atoms with van der Waals surface area (Å²) in [6, 6.07) is 19.2. The number of ether oxygens (including phenoxy) is 1. The molecule has 5 rings (SSSR count). The number of aromatic amines is 1. The van der Waals surface area contributed by atoms with Gasteiger partial charge in [0, 0.05) is 15.6 Å². The van der Waals surface area contributed by atoms with Gasteiger partial charge in [-0.3, -0.25) is 4.79 Å². The average Bonchev–Trinajstić information content (AvgIpc) is 3.30. The van der Waals surface area contributed by atoms with Gasteiger partial charge in [-0.05, 0) is 66.7 Å². The van der Waals surface area contributed by atoms with Crippen molar-refractivity contribution in [2.24, 2.45) is 0 Å². The van der Waals surface area contributed by atoms with Crippen molar-refractivity contribution < 1.29 is 9.26 Å². The lowest BCUT2D eigenvalue weighted by Crippen LogP contribution is -2.33. The zero-order valence-electron chi connectivity index (χ0n) is 16.7. The molecule has 3 aromatic carbocycles. The predicted molar refractivity (Wildman–Crippen MR) is 123 cm³/mol.